The number of thioether (sulfide) groups is 1. The molecule has 0 bridgehead atoms. The quantitative estimate of drug-likeness (QED) is 0.0934. The third-order valence-corrected chi connectivity index (χ3v) is 9.24. The van der Waals surface area contributed by atoms with Crippen molar-refractivity contribution in [1.82, 2.24) is 15.3 Å². The zero-order valence-corrected chi connectivity index (χ0v) is 28.7. The molecule has 2 aliphatic rings. The molecule has 0 radical (unpaired) electrons. The number of carboxylic acid groups (broad SMARTS) is 1. The molecular weight excluding hydrogens is 739 g/mol. The molecule has 52 heavy (non-hydrogen) atoms. The van der Waals surface area contributed by atoms with E-state index in [1.165, 1.54) is 48.5 Å². The third-order valence-electron chi connectivity index (χ3n) is 7.94. The molecule has 3 aromatic rings. The van der Waals surface area contributed by atoms with E-state index in [1.807, 2.05) is 0 Å². The first-order valence-electron chi connectivity index (χ1n) is 15.7. The molecule has 1 amide bonds. The number of thiocarbonyl (C=S) groups is 1. The summed E-state index contributed by atoms with van der Waals surface area (Å²) in [6.45, 7) is 3.12. The maximum atomic E-state index is 13.6. The van der Waals surface area contributed by atoms with Crippen LogP contribution < -0.4 is 15.5 Å². The maximum absolute atomic E-state index is 13.6. The number of aromatic carboxylic acids is 1. The predicted octanol–water partition coefficient (Wildman–Crippen LogP) is 5.98. The van der Waals surface area contributed by atoms with E-state index in [-0.39, 0.29) is 63.0 Å². The van der Waals surface area contributed by atoms with Gasteiger partial charge in [-0.25, -0.2) is 15.2 Å². The van der Waals surface area contributed by atoms with Gasteiger partial charge in [0.1, 0.15) is 12.4 Å². The van der Waals surface area contributed by atoms with E-state index in [9.17, 15) is 41.0 Å². The Labute approximate surface area is 303 Å². The van der Waals surface area contributed by atoms with Gasteiger partial charge in [0.15, 0.2) is 4.32 Å². The zero-order chi connectivity index (χ0) is 37.6. The minimum absolute atomic E-state index is 0.0187. The average Bonchev–Trinajstić information content (AvgIpc) is 3.37. The number of rotatable bonds is 13. The van der Waals surface area contributed by atoms with Gasteiger partial charge in [0, 0.05) is 44.0 Å². The Balaban J connectivity index is 1.35. The van der Waals surface area contributed by atoms with Gasteiger partial charge in [-0.05, 0) is 71.8 Å². The van der Waals surface area contributed by atoms with Crippen LogP contribution in [0.4, 0.5) is 32.0 Å². The van der Waals surface area contributed by atoms with E-state index >= 15 is 0 Å². The second-order valence-electron chi connectivity index (χ2n) is 11.6. The molecule has 18 heteroatoms. The monoisotopic (exact) mass is 770 g/mol. The molecule has 0 saturated carbocycles. The van der Waals surface area contributed by atoms with Gasteiger partial charge in [0.2, 0.25) is 0 Å². The fourth-order valence-corrected chi connectivity index (χ4v) is 6.39. The summed E-state index contributed by atoms with van der Waals surface area (Å²) in [6, 6.07) is 11.3. The SMILES string of the molecule is O=C(O)c1ccc(NCC(O)CNN2C(=O)/C(=C/c3cc(-c4cc(C(F)(F)F)cc(C(F)(F)F)c4)ccc3OCCN3CCOCC3)SC2=S)cc1. The van der Waals surface area contributed by atoms with E-state index in [2.05, 4.69) is 15.6 Å². The minimum Gasteiger partial charge on any atom is -0.492 e. The number of aliphatic hydroxyl groups is 1. The van der Waals surface area contributed by atoms with Gasteiger partial charge in [-0.15, -0.1) is 0 Å². The van der Waals surface area contributed by atoms with Crippen molar-refractivity contribution in [2.24, 2.45) is 0 Å². The summed E-state index contributed by atoms with van der Waals surface area (Å²) in [7, 11) is 0. The number of ether oxygens (including phenoxy) is 2. The molecule has 0 spiro atoms. The molecule has 1 atom stereocenters. The highest BCUT2D eigenvalue weighted by Gasteiger charge is 2.37. The van der Waals surface area contributed by atoms with Crippen LogP contribution in [0, 0.1) is 0 Å². The lowest BCUT2D eigenvalue weighted by Crippen LogP contribution is -2.46. The first kappa shape index (κ1) is 39.0. The van der Waals surface area contributed by atoms with Crippen molar-refractivity contribution in [3.63, 3.8) is 0 Å². The highest BCUT2D eigenvalue weighted by atomic mass is 32.2. The van der Waals surface area contributed by atoms with Crippen molar-refractivity contribution in [3.05, 3.63) is 87.8 Å². The number of hydrazine groups is 1. The summed E-state index contributed by atoms with van der Waals surface area (Å²) in [4.78, 5) is 26.7. The maximum Gasteiger partial charge on any atom is 0.416 e. The van der Waals surface area contributed by atoms with E-state index in [0.717, 1.165) is 16.8 Å². The Bertz CT molecular complexity index is 1790. The van der Waals surface area contributed by atoms with Gasteiger partial charge in [-0.1, -0.05) is 30.0 Å². The van der Waals surface area contributed by atoms with Gasteiger partial charge in [0.25, 0.3) is 5.91 Å². The number of carbonyl (C=O) groups is 2. The van der Waals surface area contributed by atoms with Gasteiger partial charge in [-0.3, -0.25) is 9.69 Å². The van der Waals surface area contributed by atoms with Crippen molar-refractivity contribution in [2.75, 3.05) is 57.9 Å². The van der Waals surface area contributed by atoms with E-state index < -0.39 is 41.5 Å². The normalized spacial score (nSPS) is 17.1. The Hall–Kier alpha value is -4.20. The molecule has 0 aromatic heterocycles. The number of nitrogens with zero attached hydrogens (tertiary/aromatic N) is 2. The predicted molar refractivity (Wildman–Crippen MR) is 186 cm³/mol. The van der Waals surface area contributed by atoms with Crippen molar-refractivity contribution < 1.29 is 55.6 Å². The van der Waals surface area contributed by atoms with Crippen LogP contribution in [-0.4, -0.2) is 95.0 Å². The molecule has 2 aliphatic heterocycles. The van der Waals surface area contributed by atoms with Gasteiger partial charge < -0.3 is 25.0 Å². The number of nitrogens with one attached hydrogen (secondary N) is 2. The molecule has 4 N–H and O–H groups in total. The number of alkyl halides is 6. The van der Waals surface area contributed by atoms with Gasteiger partial charge in [0.05, 0.1) is 40.9 Å². The number of benzene rings is 3. The van der Waals surface area contributed by atoms with Crippen LogP contribution in [0.3, 0.4) is 0 Å². The molecular formula is C34H32F6N4O6S2. The molecule has 2 saturated heterocycles. The minimum atomic E-state index is -5.04. The average molecular weight is 771 g/mol. The summed E-state index contributed by atoms with van der Waals surface area (Å²) in [5.74, 6) is -1.46. The number of hydrogen-bond acceptors (Lipinski definition) is 10. The largest absolute Gasteiger partial charge is 0.492 e. The molecule has 1 unspecified atom stereocenters. The molecule has 5 rings (SSSR count). The Morgan fingerprint density at radius 2 is 1.62 bits per heavy atom. The zero-order valence-electron chi connectivity index (χ0n) is 27.1. The van der Waals surface area contributed by atoms with E-state index in [1.54, 1.807) is 0 Å². The fourth-order valence-electron chi connectivity index (χ4n) is 5.18. The van der Waals surface area contributed by atoms with Crippen LogP contribution in [0.15, 0.2) is 65.6 Å². The summed E-state index contributed by atoms with van der Waals surface area (Å²) >= 11 is 6.27. The number of anilines is 1. The number of halogens is 6. The summed E-state index contributed by atoms with van der Waals surface area (Å²) in [5, 5.41) is 23.5. The standard InChI is InChI=1S/C34H32F6N4O6S2/c35-33(36,37)24-14-22(15-25(17-24)34(38,39)40)21-3-6-28(50-12-9-43-7-10-49-11-8-43)23(13-21)16-29-30(46)44(32(51)52-29)42-19-27(45)18-41-26-4-1-20(2-5-26)31(47)48/h1-6,13-17,27,41-42,45H,7-12,18-19H2,(H,47,48)/b29-16-. The summed E-state index contributed by atoms with van der Waals surface area (Å²) in [6.07, 6.45) is -9.71. The Morgan fingerprint density at radius 1 is 0.962 bits per heavy atom. The van der Waals surface area contributed by atoms with Gasteiger partial charge in [-0.2, -0.15) is 26.3 Å². The topological polar surface area (TPSA) is 124 Å². The Morgan fingerprint density at radius 3 is 2.23 bits per heavy atom. The van der Waals surface area contributed by atoms with Crippen molar-refractivity contribution in [2.45, 2.75) is 18.5 Å². The second-order valence-corrected chi connectivity index (χ2v) is 13.3. The van der Waals surface area contributed by atoms with Crippen LogP contribution in [-0.2, 0) is 21.9 Å². The van der Waals surface area contributed by atoms with Gasteiger partial charge >= 0.3 is 18.3 Å². The van der Waals surface area contributed by atoms with E-state index in [0.29, 0.717) is 50.7 Å². The first-order chi connectivity index (χ1) is 24.6. The number of aliphatic hydroxyl groups excluding tert-OH is 1. The lowest BCUT2D eigenvalue weighted by Gasteiger charge is -2.26. The van der Waals surface area contributed by atoms with Crippen LogP contribution in [0.5, 0.6) is 5.75 Å². The number of carboxylic acids is 1. The van der Waals surface area contributed by atoms with Crippen molar-refractivity contribution >= 4 is 51.9 Å². The third kappa shape index (κ3) is 10.2. The summed E-state index contributed by atoms with van der Waals surface area (Å²) in [5.41, 5.74) is 0.383. The van der Waals surface area contributed by atoms with E-state index in [4.69, 9.17) is 26.8 Å². The lowest BCUT2D eigenvalue weighted by atomic mass is 9.97. The molecule has 10 nitrogen and oxygen atoms in total. The molecule has 278 valence electrons. The summed E-state index contributed by atoms with van der Waals surface area (Å²) < 4.78 is 93.3. The Kier molecular flexibility index (Phi) is 12.5. The highest BCUT2D eigenvalue weighted by Crippen LogP contribution is 2.40. The molecule has 0 aliphatic carbocycles. The number of hydrogen-bond donors (Lipinski definition) is 4. The molecule has 2 heterocycles. The van der Waals surface area contributed by atoms with Crippen LogP contribution in [0.2, 0.25) is 0 Å². The van der Waals surface area contributed by atoms with Crippen molar-refractivity contribution in [3.8, 4) is 16.9 Å². The molecule has 3 aromatic carbocycles. The fraction of sp³-hybridized carbons (Fsp3) is 0.324. The number of carbonyl (C=O) groups excluding carboxylic acids is 1. The highest BCUT2D eigenvalue weighted by molar-refractivity contribution is 8.26. The smallest absolute Gasteiger partial charge is 0.416 e. The lowest BCUT2D eigenvalue weighted by molar-refractivity contribution is -0.143. The van der Waals surface area contributed by atoms with Crippen molar-refractivity contribution in [1.29, 1.82) is 0 Å². The number of morpholine rings is 1. The van der Waals surface area contributed by atoms with Crippen LogP contribution in [0.25, 0.3) is 17.2 Å². The van der Waals surface area contributed by atoms with Crippen LogP contribution >= 0.6 is 24.0 Å². The second kappa shape index (κ2) is 16.6. The number of amides is 1. The first-order valence-corrected chi connectivity index (χ1v) is 16.9. The van der Waals surface area contributed by atoms with Crippen LogP contribution in [0.1, 0.15) is 27.0 Å². The molecule has 2 fully saturated rings.